The molecule has 3 aromatic carbocycles. The van der Waals surface area contributed by atoms with Gasteiger partial charge in [0.1, 0.15) is 12.4 Å². The van der Waals surface area contributed by atoms with Gasteiger partial charge < -0.3 is 34.1 Å². The van der Waals surface area contributed by atoms with Crippen molar-refractivity contribution in [3.05, 3.63) is 95.8 Å². The lowest BCUT2D eigenvalue weighted by Crippen LogP contribution is -2.30. The molecular formula is C46H60N2O9. The molecule has 0 spiro atoms. The number of rotatable bonds is 29. The highest BCUT2D eigenvalue weighted by atomic mass is 16.6. The van der Waals surface area contributed by atoms with E-state index in [4.69, 9.17) is 23.7 Å². The van der Waals surface area contributed by atoms with Crippen LogP contribution in [0.1, 0.15) is 75.1 Å². The fourth-order valence-corrected chi connectivity index (χ4v) is 6.35. The Morgan fingerprint density at radius 3 is 2.04 bits per heavy atom. The predicted octanol–water partition coefficient (Wildman–Crippen LogP) is 7.75. The summed E-state index contributed by atoms with van der Waals surface area (Å²) in [4.78, 5) is 41.4. The van der Waals surface area contributed by atoms with Crippen molar-refractivity contribution in [3.8, 4) is 16.9 Å². The molecule has 1 heterocycles. The van der Waals surface area contributed by atoms with Gasteiger partial charge in [0.05, 0.1) is 59.2 Å². The van der Waals surface area contributed by atoms with Crippen molar-refractivity contribution < 1.29 is 43.2 Å². The van der Waals surface area contributed by atoms with Gasteiger partial charge in [-0.15, -0.1) is 0 Å². The number of carbonyl (C=O) groups is 3. The van der Waals surface area contributed by atoms with Crippen molar-refractivity contribution >= 4 is 28.4 Å². The number of ketones is 1. The Balaban J connectivity index is 1.19. The van der Waals surface area contributed by atoms with Crippen molar-refractivity contribution in [1.29, 1.82) is 0 Å². The van der Waals surface area contributed by atoms with Crippen LogP contribution in [-0.4, -0.2) is 93.8 Å². The van der Waals surface area contributed by atoms with Gasteiger partial charge in [0.2, 0.25) is 5.91 Å². The number of benzene rings is 3. The van der Waals surface area contributed by atoms with Gasteiger partial charge in [0, 0.05) is 42.6 Å². The minimum atomic E-state index is -0.987. The lowest BCUT2D eigenvalue weighted by atomic mass is 9.89. The van der Waals surface area contributed by atoms with E-state index in [2.05, 4.69) is 24.1 Å². The van der Waals surface area contributed by atoms with E-state index in [1.165, 1.54) is 0 Å². The number of carboxylic acids is 1. The quantitative estimate of drug-likeness (QED) is 0.0525. The van der Waals surface area contributed by atoms with E-state index in [1.54, 1.807) is 6.20 Å². The van der Waals surface area contributed by atoms with Crippen LogP contribution in [0.25, 0.3) is 21.9 Å². The zero-order valence-electron chi connectivity index (χ0n) is 33.8. The van der Waals surface area contributed by atoms with Gasteiger partial charge in [-0.05, 0) is 84.4 Å². The molecule has 57 heavy (non-hydrogen) atoms. The number of aryl methyl sites for hydroxylation is 2. The van der Waals surface area contributed by atoms with Gasteiger partial charge in [-0.1, -0.05) is 68.4 Å². The van der Waals surface area contributed by atoms with Crippen LogP contribution in [-0.2, 0) is 39.8 Å². The Kier molecular flexibility index (Phi) is 20.2. The van der Waals surface area contributed by atoms with Crippen molar-refractivity contribution in [2.24, 2.45) is 5.92 Å². The second kappa shape index (κ2) is 25.5. The Bertz CT molecular complexity index is 1810. The molecule has 1 aromatic heterocycles. The molecule has 4 aromatic rings. The molecule has 0 saturated heterocycles. The van der Waals surface area contributed by atoms with Crippen LogP contribution < -0.4 is 10.1 Å². The van der Waals surface area contributed by atoms with Gasteiger partial charge in [-0.25, -0.2) is 0 Å². The molecule has 0 unspecified atom stereocenters. The summed E-state index contributed by atoms with van der Waals surface area (Å²) in [6, 6.07) is 23.7. The van der Waals surface area contributed by atoms with E-state index >= 15 is 0 Å². The maximum absolute atomic E-state index is 12.9. The zero-order chi connectivity index (χ0) is 40.7. The first-order valence-electron chi connectivity index (χ1n) is 20.2. The summed E-state index contributed by atoms with van der Waals surface area (Å²) in [6.07, 6.45) is 5.29. The topological polar surface area (TPSA) is 143 Å². The van der Waals surface area contributed by atoms with Crippen LogP contribution in [0.2, 0.25) is 0 Å². The maximum Gasteiger partial charge on any atom is 0.303 e. The summed E-state index contributed by atoms with van der Waals surface area (Å²) in [7, 11) is 0. The van der Waals surface area contributed by atoms with Crippen LogP contribution in [0.3, 0.4) is 0 Å². The predicted molar refractivity (Wildman–Crippen MR) is 222 cm³/mol. The highest BCUT2D eigenvalue weighted by molar-refractivity contribution is 6.00. The first-order valence-corrected chi connectivity index (χ1v) is 20.2. The smallest absolute Gasteiger partial charge is 0.303 e. The molecule has 0 bridgehead atoms. The molecular weight excluding hydrogens is 725 g/mol. The Morgan fingerprint density at radius 1 is 0.737 bits per heavy atom. The summed E-state index contributed by atoms with van der Waals surface area (Å²) in [5.74, 6) is -0.513. The summed E-state index contributed by atoms with van der Waals surface area (Å²) in [6.45, 7) is 11.0. The molecule has 1 amide bonds. The van der Waals surface area contributed by atoms with Gasteiger partial charge >= 0.3 is 5.97 Å². The van der Waals surface area contributed by atoms with E-state index in [0.29, 0.717) is 71.6 Å². The number of ether oxygens (including phenoxy) is 5. The molecule has 0 aliphatic rings. The standard InChI is InChI=1S/C46H60N2O9/c1-34(2)19-21-53-22-23-54-24-25-55-26-27-56-28-29-57-44-17-16-41(42-9-5-6-10-43(42)44)37-14-12-36(13-15-37)38(32-46(51)52)31-40(49)33-48-45(50)11-7-4-8-39-30-35(3)18-20-47-39/h5-6,9-10,12-18,20,30,34,38H,4,7-8,11,19,21-29,31-33H2,1-3H3,(H,48,50)(H,51,52)/t38-/m0/s1. The normalized spacial score (nSPS) is 11.9. The number of amides is 1. The number of unbranched alkanes of at least 4 members (excludes halogenated alkanes) is 1. The average molecular weight is 785 g/mol. The number of aliphatic carboxylic acids is 1. The third-order valence-electron chi connectivity index (χ3n) is 9.45. The number of aromatic nitrogens is 1. The first-order chi connectivity index (χ1) is 27.7. The average Bonchev–Trinajstić information content (AvgIpc) is 3.19. The molecule has 308 valence electrons. The minimum absolute atomic E-state index is 0.0146. The maximum atomic E-state index is 12.9. The highest BCUT2D eigenvalue weighted by Crippen LogP contribution is 2.35. The second-order valence-corrected chi connectivity index (χ2v) is 14.6. The fraction of sp³-hybridized carbons (Fsp3) is 0.478. The largest absolute Gasteiger partial charge is 0.491 e. The van der Waals surface area contributed by atoms with Crippen molar-refractivity contribution in [2.75, 3.05) is 66.0 Å². The van der Waals surface area contributed by atoms with Gasteiger partial charge in [-0.3, -0.25) is 19.4 Å². The van der Waals surface area contributed by atoms with Crippen LogP contribution in [0, 0.1) is 12.8 Å². The number of hydrogen-bond donors (Lipinski definition) is 2. The van der Waals surface area contributed by atoms with Crippen LogP contribution in [0.4, 0.5) is 0 Å². The number of nitrogens with one attached hydrogen (secondary N) is 1. The number of nitrogens with zero attached hydrogens (tertiary/aromatic N) is 1. The Labute approximate surface area is 337 Å². The van der Waals surface area contributed by atoms with Gasteiger partial charge in [-0.2, -0.15) is 0 Å². The summed E-state index contributed by atoms with van der Waals surface area (Å²) in [5.41, 5.74) is 4.87. The van der Waals surface area contributed by atoms with Crippen molar-refractivity contribution in [1.82, 2.24) is 10.3 Å². The third kappa shape index (κ3) is 17.1. The molecule has 0 radical (unpaired) electrons. The summed E-state index contributed by atoms with van der Waals surface area (Å²) in [5, 5.41) is 14.3. The summed E-state index contributed by atoms with van der Waals surface area (Å²) >= 11 is 0. The van der Waals surface area contributed by atoms with Gasteiger partial charge in [0.25, 0.3) is 0 Å². The van der Waals surface area contributed by atoms with E-state index in [0.717, 1.165) is 70.3 Å². The Morgan fingerprint density at radius 2 is 1.39 bits per heavy atom. The molecule has 0 aliphatic carbocycles. The molecule has 2 N–H and O–H groups in total. The lowest BCUT2D eigenvalue weighted by Gasteiger charge is -2.17. The number of Topliss-reactive ketones (excluding diaryl/α,β-unsaturated/α-hetero) is 1. The SMILES string of the molecule is Cc1ccnc(CCCCC(=O)NCC(=O)C[C@@H](CC(=O)O)c2ccc(-c3ccc(OCCOCCOCCOCCOCCC(C)C)c4ccccc34)cc2)c1. The van der Waals surface area contributed by atoms with Crippen LogP contribution in [0.15, 0.2) is 79.0 Å². The molecule has 0 saturated carbocycles. The highest BCUT2D eigenvalue weighted by Gasteiger charge is 2.20. The van der Waals surface area contributed by atoms with Crippen molar-refractivity contribution in [3.63, 3.8) is 0 Å². The van der Waals surface area contributed by atoms with E-state index < -0.39 is 11.9 Å². The Hall–Kier alpha value is -4.68. The lowest BCUT2D eigenvalue weighted by molar-refractivity contribution is -0.137. The fourth-order valence-electron chi connectivity index (χ4n) is 6.35. The van der Waals surface area contributed by atoms with E-state index in [9.17, 15) is 19.5 Å². The molecule has 11 nitrogen and oxygen atoms in total. The first kappa shape index (κ1) is 45.0. The molecule has 11 heteroatoms. The molecule has 0 fully saturated rings. The van der Waals surface area contributed by atoms with Crippen LogP contribution >= 0.6 is 0 Å². The van der Waals surface area contributed by atoms with E-state index in [-0.39, 0.29) is 31.1 Å². The third-order valence-corrected chi connectivity index (χ3v) is 9.45. The zero-order valence-corrected chi connectivity index (χ0v) is 33.8. The van der Waals surface area contributed by atoms with Crippen molar-refractivity contribution in [2.45, 2.75) is 71.6 Å². The number of fused-ring (bicyclic) bond motifs is 1. The van der Waals surface area contributed by atoms with Crippen LogP contribution in [0.5, 0.6) is 5.75 Å². The number of pyridine rings is 1. The molecule has 1 atom stereocenters. The summed E-state index contributed by atoms with van der Waals surface area (Å²) < 4.78 is 28.5. The number of hydrogen-bond acceptors (Lipinski definition) is 9. The number of carbonyl (C=O) groups excluding carboxylic acids is 2. The minimum Gasteiger partial charge on any atom is -0.491 e. The monoisotopic (exact) mass is 784 g/mol. The van der Waals surface area contributed by atoms with E-state index in [1.807, 2.05) is 79.7 Å². The molecule has 4 rings (SSSR count). The second-order valence-electron chi connectivity index (χ2n) is 14.6. The van der Waals surface area contributed by atoms with Gasteiger partial charge in [0.15, 0.2) is 5.78 Å². The number of carboxylic acid groups (broad SMARTS) is 1. The molecule has 0 aliphatic heterocycles.